The monoisotopic (exact) mass is 293 g/mol. The van der Waals surface area contributed by atoms with Gasteiger partial charge in [-0.2, -0.15) is 0 Å². The van der Waals surface area contributed by atoms with Crippen LogP contribution in [0.1, 0.15) is 37.3 Å². The van der Waals surface area contributed by atoms with Crippen molar-refractivity contribution in [1.82, 2.24) is 4.90 Å². The smallest absolute Gasteiger partial charge is 0.154 e. The molecule has 0 spiro atoms. The highest BCUT2D eigenvalue weighted by Crippen LogP contribution is 2.38. The van der Waals surface area contributed by atoms with Crippen LogP contribution in [0, 0.1) is 0 Å². The van der Waals surface area contributed by atoms with Crippen molar-refractivity contribution in [1.29, 1.82) is 0 Å². The lowest BCUT2D eigenvalue weighted by Crippen LogP contribution is -2.40. The van der Waals surface area contributed by atoms with E-state index in [9.17, 15) is 4.79 Å². The van der Waals surface area contributed by atoms with Crippen LogP contribution in [0.15, 0.2) is 28.7 Å². The lowest BCUT2D eigenvalue weighted by Gasteiger charge is -2.35. The van der Waals surface area contributed by atoms with E-state index in [1.165, 1.54) is 12.8 Å². The van der Waals surface area contributed by atoms with E-state index in [1.807, 2.05) is 12.1 Å². The Morgan fingerprint density at radius 1 is 1.18 bits per heavy atom. The summed E-state index contributed by atoms with van der Waals surface area (Å²) in [6.45, 7) is 1.08. The highest BCUT2D eigenvalue weighted by atomic mass is 79.9. The normalized spacial score (nSPS) is 26.2. The van der Waals surface area contributed by atoms with Gasteiger partial charge in [0, 0.05) is 16.9 Å². The number of hydrogen-bond donors (Lipinski definition) is 0. The van der Waals surface area contributed by atoms with Crippen LogP contribution in [0.5, 0.6) is 0 Å². The van der Waals surface area contributed by atoms with Crippen LogP contribution in [-0.2, 0) is 4.79 Å². The summed E-state index contributed by atoms with van der Waals surface area (Å²) < 4.78 is 1.07. The predicted molar refractivity (Wildman–Crippen MR) is 70.9 cm³/mol. The molecule has 1 aromatic rings. The Morgan fingerprint density at radius 3 is 2.53 bits per heavy atom. The van der Waals surface area contributed by atoms with Crippen molar-refractivity contribution in [3.8, 4) is 0 Å². The van der Waals surface area contributed by atoms with Crippen LogP contribution in [0.25, 0.3) is 0 Å². The fourth-order valence-corrected chi connectivity index (χ4v) is 2.97. The zero-order chi connectivity index (χ0) is 11.8. The quantitative estimate of drug-likeness (QED) is 0.834. The second kappa shape index (κ2) is 4.54. The molecule has 1 unspecified atom stereocenters. The molecule has 1 atom stereocenters. The van der Waals surface area contributed by atoms with Crippen LogP contribution in [0.2, 0.25) is 0 Å². The van der Waals surface area contributed by atoms with Crippen molar-refractivity contribution in [3.63, 3.8) is 0 Å². The Morgan fingerprint density at radius 2 is 1.88 bits per heavy atom. The van der Waals surface area contributed by atoms with Gasteiger partial charge < -0.3 is 0 Å². The van der Waals surface area contributed by atoms with Crippen molar-refractivity contribution in [3.05, 3.63) is 34.3 Å². The molecule has 1 aliphatic heterocycles. The highest BCUT2D eigenvalue weighted by molar-refractivity contribution is 9.10. The first-order valence-corrected chi connectivity index (χ1v) is 7.09. The van der Waals surface area contributed by atoms with Crippen molar-refractivity contribution < 1.29 is 4.79 Å². The lowest BCUT2D eigenvalue weighted by molar-refractivity contribution is -0.127. The number of Topliss-reactive ketones (excluding diaryl/α,β-unsaturated/α-hetero) is 1. The fraction of sp³-hybridized carbons (Fsp3) is 0.500. The molecule has 0 aromatic heterocycles. The van der Waals surface area contributed by atoms with Gasteiger partial charge >= 0.3 is 0 Å². The summed E-state index contributed by atoms with van der Waals surface area (Å²) in [4.78, 5) is 14.6. The first kappa shape index (κ1) is 11.4. The maximum absolute atomic E-state index is 12.2. The van der Waals surface area contributed by atoms with Gasteiger partial charge in [-0.15, -0.1) is 0 Å². The van der Waals surface area contributed by atoms with Gasteiger partial charge in [-0.1, -0.05) is 28.1 Å². The molecule has 1 heterocycles. The van der Waals surface area contributed by atoms with Gasteiger partial charge in [-0.05, 0) is 43.5 Å². The summed E-state index contributed by atoms with van der Waals surface area (Å²) >= 11 is 3.44. The molecule has 3 rings (SSSR count). The number of ketones is 1. The molecule has 1 saturated heterocycles. The first-order chi connectivity index (χ1) is 8.25. The Hall–Kier alpha value is -0.670. The third kappa shape index (κ3) is 2.31. The minimum Gasteiger partial charge on any atom is -0.298 e. The molecule has 2 aliphatic rings. The van der Waals surface area contributed by atoms with E-state index in [-0.39, 0.29) is 6.04 Å². The van der Waals surface area contributed by atoms with Crippen LogP contribution < -0.4 is 0 Å². The molecule has 2 nitrogen and oxygen atoms in total. The molecule has 3 heteroatoms. The topological polar surface area (TPSA) is 20.3 Å². The average molecular weight is 294 g/mol. The number of carbonyl (C=O) groups excluding carboxylic acids is 1. The van der Waals surface area contributed by atoms with Gasteiger partial charge in [-0.3, -0.25) is 9.69 Å². The summed E-state index contributed by atoms with van der Waals surface area (Å²) in [7, 11) is 0. The van der Waals surface area contributed by atoms with Crippen molar-refractivity contribution in [2.45, 2.75) is 37.8 Å². The Labute approximate surface area is 110 Å². The van der Waals surface area contributed by atoms with Crippen LogP contribution >= 0.6 is 15.9 Å². The zero-order valence-corrected chi connectivity index (χ0v) is 11.3. The molecule has 1 aliphatic carbocycles. The summed E-state index contributed by atoms with van der Waals surface area (Å²) in [5.74, 6) is 0.394. The van der Waals surface area contributed by atoms with Crippen LogP contribution in [-0.4, -0.2) is 23.3 Å². The number of likely N-dealkylation sites (tertiary alicyclic amines) is 1. The molecular weight excluding hydrogens is 278 g/mol. The maximum atomic E-state index is 12.2. The zero-order valence-electron chi connectivity index (χ0n) is 9.73. The molecular formula is C14H16BrNO. The number of rotatable bonds is 2. The Balaban J connectivity index is 1.90. The lowest BCUT2D eigenvalue weighted by atomic mass is 9.94. The minimum atomic E-state index is 0.0179. The molecule has 0 bridgehead atoms. The van der Waals surface area contributed by atoms with Crippen molar-refractivity contribution >= 4 is 21.7 Å². The number of benzene rings is 1. The molecule has 0 radical (unpaired) electrons. The summed E-state index contributed by atoms with van der Waals surface area (Å²) in [6.07, 6.45) is 4.30. The molecule has 1 saturated carbocycles. The Kier molecular flexibility index (Phi) is 3.05. The van der Waals surface area contributed by atoms with Gasteiger partial charge in [0.15, 0.2) is 5.78 Å². The second-order valence-electron chi connectivity index (χ2n) is 4.99. The summed E-state index contributed by atoms with van der Waals surface area (Å²) in [6, 6.07) is 8.89. The molecule has 0 N–H and O–H groups in total. The van der Waals surface area contributed by atoms with Gasteiger partial charge in [-0.25, -0.2) is 0 Å². The minimum absolute atomic E-state index is 0.0179. The third-order valence-corrected chi connectivity index (χ3v) is 4.21. The standard InChI is InChI=1S/C14H16BrNO/c15-11-5-3-10(4-6-11)14-13(17)2-1-9-16(14)12-7-8-12/h3-6,12,14H,1-2,7-9H2. The maximum Gasteiger partial charge on any atom is 0.154 e. The number of halogens is 1. The predicted octanol–water partition coefficient (Wildman–Crippen LogP) is 3.32. The average Bonchev–Trinajstić information content (AvgIpc) is 3.14. The van der Waals surface area contributed by atoms with Gasteiger partial charge in [0.2, 0.25) is 0 Å². The molecule has 0 amide bonds. The van der Waals surface area contributed by atoms with Crippen LogP contribution in [0.4, 0.5) is 0 Å². The largest absolute Gasteiger partial charge is 0.298 e. The van der Waals surface area contributed by atoms with E-state index in [2.05, 4.69) is 33.0 Å². The van der Waals surface area contributed by atoms with E-state index in [4.69, 9.17) is 0 Å². The number of hydrogen-bond acceptors (Lipinski definition) is 2. The van der Waals surface area contributed by atoms with E-state index in [1.54, 1.807) is 0 Å². The highest BCUT2D eigenvalue weighted by Gasteiger charge is 2.39. The summed E-state index contributed by atoms with van der Waals surface area (Å²) in [5, 5.41) is 0. The third-order valence-electron chi connectivity index (χ3n) is 3.68. The fourth-order valence-electron chi connectivity index (χ4n) is 2.71. The Bertz CT molecular complexity index is 424. The van der Waals surface area contributed by atoms with E-state index < -0.39 is 0 Å². The van der Waals surface area contributed by atoms with Gasteiger partial charge in [0.25, 0.3) is 0 Å². The van der Waals surface area contributed by atoms with Crippen molar-refractivity contribution in [2.24, 2.45) is 0 Å². The number of carbonyl (C=O) groups is 1. The van der Waals surface area contributed by atoms with Crippen molar-refractivity contribution in [2.75, 3.05) is 6.54 Å². The molecule has 1 aromatic carbocycles. The molecule has 90 valence electrons. The van der Waals surface area contributed by atoms with Crippen LogP contribution in [0.3, 0.4) is 0 Å². The number of nitrogens with zero attached hydrogens (tertiary/aromatic N) is 1. The van der Waals surface area contributed by atoms with Gasteiger partial charge in [0.05, 0.1) is 6.04 Å². The molecule has 2 fully saturated rings. The summed E-state index contributed by atoms with van der Waals surface area (Å²) in [5.41, 5.74) is 1.16. The van der Waals surface area contributed by atoms with Gasteiger partial charge in [0.1, 0.15) is 0 Å². The first-order valence-electron chi connectivity index (χ1n) is 6.29. The second-order valence-corrected chi connectivity index (χ2v) is 5.91. The SMILES string of the molecule is O=C1CCCN(C2CC2)C1c1ccc(Br)cc1. The van der Waals surface area contributed by atoms with E-state index in [0.717, 1.165) is 29.4 Å². The number of piperidine rings is 1. The van der Waals surface area contributed by atoms with E-state index in [0.29, 0.717) is 11.8 Å². The molecule has 17 heavy (non-hydrogen) atoms. The van der Waals surface area contributed by atoms with E-state index >= 15 is 0 Å².